The van der Waals surface area contributed by atoms with Gasteiger partial charge in [0.15, 0.2) is 0 Å². The minimum atomic E-state index is -0.205. The summed E-state index contributed by atoms with van der Waals surface area (Å²) in [5.74, 6) is -0.0619. The first-order valence-corrected chi connectivity index (χ1v) is 10.3. The van der Waals surface area contributed by atoms with Gasteiger partial charge in [0.1, 0.15) is 5.82 Å². The van der Waals surface area contributed by atoms with Crippen LogP contribution in [0.15, 0.2) is 53.9 Å². The lowest BCUT2D eigenvalue weighted by atomic mass is 10.2. The van der Waals surface area contributed by atoms with Gasteiger partial charge in [0.05, 0.1) is 4.88 Å². The molecule has 1 aromatic carbocycles. The molecule has 0 unspecified atom stereocenters. The molecule has 1 aliphatic rings. The first kappa shape index (κ1) is 17.4. The summed E-state index contributed by atoms with van der Waals surface area (Å²) < 4.78 is 13.4. The van der Waals surface area contributed by atoms with E-state index in [2.05, 4.69) is 17.0 Å². The molecule has 6 heteroatoms. The molecule has 0 saturated carbocycles. The van der Waals surface area contributed by atoms with Crippen molar-refractivity contribution in [1.29, 1.82) is 0 Å². The van der Waals surface area contributed by atoms with Crippen molar-refractivity contribution in [3.63, 3.8) is 0 Å². The molecule has 134 valence electrons. The molecule has 0 radical (unpaired) electrons. The standard InChI is InChI=1S/C20H19FN2OS2/c21-16-4-1-3-15(13-16)18-7-6-17(26-18)14-22-8-10-23(11-9-22)20(24)19-5-2-12-25-19/h1-7,12-13H,8-11,14H2. The van der Waals surface area contributed by atoms with Crippen molar-refractivity contribution in [2.75, 3.05) is 26.2 Å². The van der Waals surface area contributed by atoms with Crippen LogP contribution in [-0.2, 0) is 6.54 Å². The van der Waals surface area contributed by atoms with E-state index in [1.54, 1.807) is 23.5 Å². The number of amides is 1. The van der Waals surface area contributed by atoms with E-state index in [-0.39, 0.29) is 11.7 Å². The summed E-state index contributed by atoms with van der Waals surface area (Å²) >= 11 is 3.21. The van der Waals surface area contributed by atoms with Crippen LogP contribution >= 0.6 is 22.7 Å². The second kappa shape index (κ2) is 7.70. The van der Waals surface area contributed by atoms with Gasteiger partial charge in [-0.3, -0.25) is 9.69 Å². The highest BCUT2D eigenvalue weighted by Crippen LogP contribution is 2.29. The first-order valence-electron chi connectivity index (χ1n) is 8.59. The Morgan fingerprint density at radius 1 is 1.04 bits per heavy atom. The average molecular weight is 387 g/mol. The lowest BCUT2D eigenvalue weighted by Crippen LogP contribution is -2.48. The largest absolute Gasteiger partial charge is 0.335 e. The van der Waals surface area contributed by atoms with Gasteiger partial charge in [-0.05, 0) is 41.3 Å². The number of halogens is 1. The van der Waals surface area contributed by atoms with Gasteiger partial charge in [-0.1, -0.05) is 18.2 Å². The SMILES string of the molecule is O=C(c1cccs1)N1CCN(Cc2ccc(-c3cccc(F)c3)s2)CC1. The van der Waals surface area contributed by atoms with E-state index in [1.165, 1.54) is 22.3 Å². The molecule has 1 aliphatic heterocycles. The van der Waals surface area contributed by atoms with Crippen molar-refractivity contribution in [3.05, 3.63) is 69.5 Å². The van der Waals surface area contributed by atoms with Crippen molar-refractivity contribution in [1.82, 2.24) is 9.80 Å². The second-order valence-corrected chi connectivity index (χ2v) is 8.44. The van der Waals surface area contributed by atoms with Crippen molar-refractivity contribution in [2.24, 2.45) is 0 Å². The minimum Gasteiger partial charge on any atom is -0.335 e. The zero-order chi connectivity index (χ0) is 17.9. The molecule has 4 rings (SSSR count). The lowest BCUT2D eigenvalue weighted by Gasteiger charge is -2.34. The number of thiophene rings is 2. The fourth-order valence-corrected chi connectivity index (χ4v) is 4.88. The Balaban J connectivity index is 1.34. The van der Waals surface area contributed by atoms with E-state index in [1.807, 2.05) is 28.5 Å². The number of hydrogen-bond acceptors (Lipinski definition) is 4. The van der Waals surface area contributed by atoms with Crippen LogP contribution in [0.5, 0.6) is 0 Å². The molecular formula is C20H19FN2OS2. The van der Waals surface area contributed by atoms with Crippen LogP contribution in [0.25, 0.3) is 10.4 Å². The average Bonchev–Trinajstić information content (AvgIpc) is 3.34. The minimum absolute atomic E-state index is 0.143. The summed E-state index contributed by atoms with van der Waals surface area (Å²) in [6, 6.07) is 14.7. The molecular weight excluding hydrogens is 367 g/mol. The number of hydrogen-bond donors (Lipinski definition) is 0. The molecule has 3 heterocycles. The maximum absolute atomic E-state index is 13.4. The van der Waals surface area contributed by atoms with E-state index >= 15 is 0 Å². The van der Waals surface area contributed by atoms with Gasteiger partial charge in [0.2, 0.25) is 0 Å². The Morgan fingerprint density at radius 3 is 2.62 bits per heavy atom. The Bertz CT molecular complexity index is 883. The van der Waals surface area contributed by atoms with Gasteiger partial charge in [-0.15, -0.1) is 22.7 Å². The van der Waals surface area contributed by atoms with Crippen molar-refractivity contribution in [3.8, 4) is 10.4 Å². The summed E-state index contributed by atoms with van der Waals surface area (Å²) in [5.41, 5.74) is 0.924. The smallest absolute Gasteiger partial charge is 0.264 e. The molecule has 1 amide bonds. The maximum Gasteiger partial charge on any atom is 0.264 e. The van der Waals surface area contributed by atoms with E-state index in [0.717, 1.165) is 48.0 Å². The summed E-state index contributed by atoms with van der Waals surface area (Å²) in [7, 11) is 0. The molecule has 1 saturated heterocycles. The first-order chi connectivity index (χ1) is 12.7. The Labute approximate surface area is 160 Å². The van der Waals surface area contributed by atoms with Crippen LogP contribution in [0.3, 0.4) is 0 Å². The molecule has 0 bridgehead atoms. The molecule has 3 aromatic rings. The van der Waals surface area contributed by atoms with E-state index < -0.39 is 0 Å². The van der Waals surface area contributed by atoms with Crippen LogP contribution in [-0.4, -0.2) is 41.9 Å². The molecule has 0 N–H and O–H groups in total. The predicted octanol–water partition coefficient (Wildman–Crippen LogP) is 4.57. The Kier molecular flexibility index (Phi) is 5.15. The van der Waals surface area contributed by atoms with Gasteiger partial charge in [-0.2, -0.15) is 0 Å². The molecule has 26 heavy (non-hydrogen) atoms. The van der Waals surface area contributed by atoms with Gasteiger partial charge in [-0.25, -0.2) is 4.39 Å². The highest BCUT2D eigenvalue weighted by Gasteiger charge is 2.23. The number of benzene rings is 1. The number of rotatable bonds is 4. The van der Waals surface area contributed by atoms with Crippen LogP contribution in [0.2, 0.25) is 0 Å². The summed E-state index contributed by atoms with van der Waals surface area (Å²) in [5, 5.41) is 1.94. The molecule has 2 aromatic heterocycles. The Morgan fingerprint density at radius 2 is 1.88 bits per heavy atom. The Hall–Kier alpha value is -2.02. The molecule has 3 nitrogen and oxygen atoms in total. The van der Waals surface area contributed by atoms with Gasteiger partial charge < -0.3 is 4.90 Å². The number of carbonyl (C=O) groups excluding carboxylic acids is 1. The molecule has 0 atom stereocenters. The number of piperazine rings is 1. The van der Waals surface area contributed by atoms with E-state index in [4.69, 9.17) is 0 Å². The summed E-state index contributed by atoms with van der Waals surface area (Å²) in [4.78, 5) is 19.9. The number of nitrogens with zero attached hydrogens (tertiary/aromatic N) is 2. The topological polar surface area (TPSA) is 23.6 Å². The van der Waals surface area contributed by atoms with Crippen LogP contribution < -0.4 is 0 Å². The fraction of sp³-hybridized carbons (Fsp3) is 0.250. The van der Waals surface area contributed by atoms with Gasteiger partial charge in [0, 0.05) is 42.5 Å². The summed E-state index contributed by atoms with van der Waals surface area (Å²) in [6.07, 6.45) is 0. The zero-order valence-electron chi connectivity index (χ0n) is 14.2. The number of carbonyl (C=O) groups is 1. The lowest BCUT2D eigenvalue weighted by molar-refractivity contribution is 0.0634. The van der Waals surface area contributed by atoms with Crippen LogP contribution in [0.1, 0.15) is 14.5 Å². The quantitative estimate of drug-likeness (QED) is 0.656. The fourth-order valence-electron chi connectivity index (χ4n) is 3.15. The van der Waals surface area contributed by atoms with Crippen LogP contribution in [0.4, 0.5) is 4.39 Å². The monoisotopic (exact) mass is 386 g/mol. The summed E-state index contributed by atoms with van der Waals surface area (Å²) in [6.45, 7) is 4.16. The third-order valence-corrected chi connectivity index (χ3v) is 6.52. The predicted molar refractivity (Wildman–Crippen MR) is 105 cm³/mol. The van der Waals surface area contributed by atoms with E-state index in [0.29, 0.717) is 0 Å². The third kappa shape index (κ3) is 3.87. The highest BCUT2D eigenvalue weighted by molar-refractivity contribution is 7.15. The van der Waals surface area contributed by atoms with Crippen molar-refractivity contribution >= 4 is 28.6 Å². The molecule has 0 aliphatic carbocycles. The maximum atomic E-state index is 13.4. The van der Waals surface area contributed by atoms with Gasteiger partial charge in [0.25, 0.3) is 5.91 Å². The van der Waals surface area contributed by atoms with Gasteiger partial charge >= 0.3 is 0 Å². The normalized spacial score (nSPS) is 15.3. The van der Waals surface area contributed by atoms with Crippen molar-refractivity contribution in [2.45, 2.75) is 6.54 Å². The highest BCUT2D eigenvalue weighted by atomic mass is 32.1. The van der Waals surface area contributed by atoms with Crippen LogP contribution in [0, 0.1) is 5.82 Å². The second-order valence-electron chi connectivity index (χ2n) is 6.32. The van der Waals surface area contributed by atoms with Crippen molar-refractivity contribution < 1.29 is 9.18 Å². The third-order valence-electron chi connectivity index (χ3n) is 4.54. The zero-order valence-corrected chi connectivity index (χ0v) is 15.9. The molecule has 0 spiro atoms. The molecule has 1 fully saturated rings. The van der Waals surface area contributed by atoms with E-state index in [9.17, 15) is 9.18 Å².